The fraction of sp³-hybridized carbons (Fsp3) is 0.304. The minimum atomic E-state index is -0.542. The number of hydrogen-bond acceptors (Lipinski definition) is 6. The molecule has 0 unspecified atom stereocenters. The molecule has 2 N–H and O–H groups in total. The van der Waals surface area contributed by atoms with Crippen LogP contribution in [0.2, 0.25) is 0 Å². The number of amides is 1. The van der Waals surface area contributed by atoms with Crippen LogP contribution in [-0.4, -0.2) is 51.5 Å². The lowest BCUT2D eigenvalue weighted by Crippen LogP contribution is -2.38. The monoisotopic (exact) mass is 470 g/mol. The van der Waals surface area contributed by atoms with Crippen molar-refractivity contribution in [3.05, 3.63) is 76.2 Å². The average Bonchev–Trinajstić information content (AvgIpc) is 3.27. The molecule has 1 saturated heterocycles. The first kappa shape index (κ1) is 22.7. The van der Waals surface area contributed by atoms with E-state index in [2.05, 4.69) is 16.5 Å². The number of nitrogens with two attached hydrogens (primary N) is 1. The summed E-state index contributed by atoms with van der Waals surface area (Å²) in [5.74, 6) is 0.210. The third-order valence-corrected chi connectivity index (χ3v) is 6.31. The molecule has 33 heavy (non-hydrogen) atoms. The Kier molecular flexibility index (Phi) is 6.07. The van der Waals surface area contributed by atoms with Crippen molar-refractivity contribution in [1.29, 1.82) is 0 Å². The minimum absolute atomic E-state index is 0.0240. The van der Waals surface area contributed by atoms with Gasteiger partial charge < -0.3 is 15.5 Å². The van der Waals surface area contributed by atoms with E-state index in [0.717, 1.165) is 6.20 Å². The molecular weight excluding hydrogens is 447 g/mol. The summed E-state index contributed by atoms with van der Waals surface area (Å²) in [7, 11) is 3.50. The molecule has 2 fully saturated rings. The molecule has 172 valence electrons. The Morgan fingerprint density at radius 1 is 1.39 bits per heavy atom. The highest BCUT2D eigenvalue weighted by molar-refractivity contribution is 6.29. The molecule has 2 aliphatic rings. The molecule has 3 atom stereocenters. The van der Waals surface area contributed by atoms with E-state index < -0.39 is 5.82 Å². The highest BCUT2D eigenvalue weighted by Gasteiger charge is 2.59. The van der Waals surface area contributed by atoms with E-state index in [0.29, 0.717) is 24.6 Å². The van der Waals surface area contributed by atoms with E-state index in [1.807, 2.05) is 11.9 Å². The number of nitrogens with zero attached hydrogens (tertiary/aromatic N) is 5. The van der Waals surface area contributed by atoms with Crippen molar-refractivity contribution in [2.24, 2.45) is 24.6 Å². The maximum Gasteiger partial charge on any atom is 0.255 e. The van der Waals surface area contributed by atoms with Crippen molar-refractivity contribution >= 4 is 23.5 Å². The first-order valence-electron chi connectivity index (χ1n) is 10.4. The van der Waals surface area contributed by atoms with Gasteiger partial charge in [-0.25, -0.2) is 9.37 Å². The number of pyridine rings is 1. The number of likely N-dealkylation sites (tertiary alicyclic amines) is 1. The zero-order valence-corrected chi connectivity index (χ0v) is 19.0. The first-order chi connectivity index (χ1) is 15.7. The van der Waals surface area contributed by atoms with Gasteiger partial charge in [0.15, 0.2) is 5.82 Å². The number of aromatic nitrogens is 3. The van der Waals surface area contributed by atoms with Crippen LogP contribution in [0.4, 0.5) is 10.3 Å². The molecule has 2 aromatic heterocycles. The van der Waals surface area contributed by atoms with E-state index in [4.69, 9.17) is 17.3 Å². The lowest BCUT2D eigenvalue weighted by Gasteiger charge is -2.26. The third kappa shape index (κ3) is 4.28. The summed E-state index contributed by atoms with van der Waals surface area (Å²) in [6.07, 6.45) is 7.07. The lowest BCUT2D eigenvalue weighted by atomic mass is 10.2. The molecule has 4 rings (SSSR count). The minimum Gasteiger partial charge on any atom is -0.389 e. The predicted octanol–water partition coefficient (Wildman–Crippen LogP) is 2.03. The molecule has 0 spiro atoms. The van der Waals surface area contributed by atoms with Gasteiger partial charge in [0.2, 0.25) is 5.95 Å². The van der Waals surface area contributed by atoms with Crippen molar-refractivity contribution in [2.75, 3.05) is 25.0 Å². The van der Waals surface area contributed by atoms with Gasteiger partial charge in [0.05, 0.1) is 17.0 Å². The fourth-order valence-electron chi connectivity index (χ4n) is 4.57. The van der Waals surface area contributed by atoms with Gasteiger partial charge in [-0.2, -0.15) is 0 Å². The molecule has 0 radical (unpaired) electrons. The number of fused-ring (bicyclic) bond motifs is 1. The number of carbonyl (C=O) groups excluding carboxylic acids is 1. The Hall–Kier alpha value is -3.46. The Balaban J connectivity index is 1.53. The second-order valence-corrected chi connectivity index (χ2v) is 8.66. The molecule has 1 saturated carbocycles. The van der Waals surface area contributed by atoms with Gasteiger partial charge in [0.25, 0.3) is 11.5 Å². The molecule has 0 bridgehead atoms. The van der Waals surface area contributed by atoms with Crippen LogP contribution in [0.25, 0.3) is 11.3 Å². The molecule has 8 nitrogen and oxygen atoms in total. The summed E-state index contributed by atoms with van der Waals surface area (Å²) < 4.78 is 15.7. The van der Waals surface area contributed by atoms with Crippen molar-refractivity contribution in [2.45, 2.75) is 6.04 Å². The quantitative estimate of drug-likeness (QED) is 0.394. The van der Waals surface area contributed by atoms with Crippen LogP contribution in [0, 0.1) is 17.7 Å². The zero-order valence-electron chi connectivity index (χ0n) is 18.3. The second kappa shape index (κ2) is 8.82. The average molecular weight is 471 g/mol. The van der Waals surface area contributed by atoms with Crippen LogP contribution in [-0.2, 0) is 11.8 Å². The molecule has 1 amide bonds. The number of anilines is 1. The standard InChI is InChI=1S/C23H24ClFN6O2/c1-4-5-13(8-19(24)26)22(33)31-11-15-16(12-31)21(15)30(3)23-28-18(9-20(32)29(23)2)14-6-7-27-10-17(14)25/h4-10,15-16,21H,1,11-12,26H2,2-3H3/b13-5+,19-8-/t15-,16+,21+. The van der Waals surface area contributed by atoms with Crippen LogP contribution in [0.5, 0.6) is 0 Å². The SMILES string of the molecule is C=C/C=C(\C=C(/N)Cl)C(=O)N1C[C@@H]2[C@H](C1)[C@H]2N(C)c1nc(-c2ccncc2F)cc(=O)n1C. The van der Waals surface area contributed by atoms with Gasteiger partial charge in [-0.1, -0.05) is 24.3 Å². The van der Waals surface area contributed by atoms with Crippen LogP contribution < -0.4 is 16.2 Å². The number of rotatable bonds is 6. The maximum atomic E-state index is 14.2. The molecule has 1 aliphatic carbocycles. The smallest absolute Gasteiger partial charge is 0.255 e. The van der Waals surface area contributed by atoms with Gasteiger partial charge >= 0.3 is 0 Å². The van der Waals surface area contributed by atoms with Crippen molar-refractivity contribution in [1.82, 2.24) is 19.4 Å². The van der Waals surface area contributed by atoms with Crippen LogP contribution in [0.3, 0.4) is 0 Å². The molecule has 1 aliphatic heterocycles. The summed E-state index contributed by atoms with van der Waals surface area (Å²) in [5.41, 5.74) is 6.09. The lowest BCUT2D eigenvalue weighted by molar-refractivity contribution is -0.126. The van der Waals surface area contributed by atoms with Crippen molar-refractivity contribution in [3.63, 3.8) is 0 Å². The Morgan fingerprint density at radius 2 is 2.09 bits per heavy atom. The molecule has 2 aromatic rings. The topological polar surface area (TPSA) is 97.4 Å². The summed E-state index contributed by atoms with van der Waals surface area (Å²) in [4.78, 5) is 37.5. The number of halogens is 2. The van der Waals surface area contributed by atoms with E-state index in [1.165, 1.54) is 35.0 Å². The molecule has 0 aromatic carbocycles. The van der Waals surface area contributed by atoms with Gasteiger partial charge in [-0.3, -0.25) is 19.1 Å². The molecule has 3 heterocycles. The molecule has 10 heteroatoms. The fourth-order valence-corrected chi connectivity index (χ4v) is 4.69. The van der Waals surface area contributed by atoms with E-state index in [-0.39, 0.29) is 45.8 Å². The highest BCUT2D eigenvalue weighted by atomic mass is 35.5. The predicted molar refractivity (Wildman–Crippen MR) is 125 cm³/mol. The Morgan fingerprint density at radius 3 is 2.70 bits per heavy atom. The Bertz CT molecular complexity index is 1220. The van der Waals surface area contributed by atoms with E-state index >= 15 is 0 Å². The zero-order chi connectivity index (χ0) is 23.9. The summed E-state index contributed by atoms with van der Waals surface area (Å²) in [5, 5.41) is 0.0240. The van der Waals surface area contributed by atoms with Gasteiger partial charge in [-0.05, 0) is 18.2 Å². The van der Waals surface area contributed by atoms with Crippen LogP contribution in [0.15, 0.2) is 64.9 Å². The van der Waals surface area contributed by atoms with Crippen LogP contribution in [0.1, 0.15) is 0 Å². The number of piperidine rings is 1. The van der Waals surface area contributed by atoms with Crippen LogP contribution >= 0.6 is 11.6 Å². The van der Waals surface area contributed by atoms with Crippen molar-refractivity contribution < 1.29 is 9.18 Å². The first-order valence-corrected chi connectivity index (χ1v) is 10.8. The summed E-state index contributed by atoms with van der Waals surface area (Å²) >= 11 is 5.75. The van der Waals surface area contributed by atoms with Gasteiger partial charge in [-0.15, -0.1) is 0 Å². The highest BCUT2D eigenvalue weighted by Crippen LogP contribution is 2.49. The second-order valence-electron chi connectivity index (χ2n) is 8.22. The third-order valence-electron chi connectivity index (χ3n) is 6.20. The normalized spacial score (nSPS) is 22.2. The number of hydrogen-bond donors (Lipinski definition) is 1. The van der Waals surface area contributed by atoms with Gasteiger partial charge in [0.1, 0.15) is 0 Å². The summed E-state index contributed by atoms with van der Waals surface area (Å²) in [6, 6.07) is 2.92. The van der Waals surface area contributed by atoms with Gasteiger partial charge in [0, 0.05) is 68.5 Å². The maximum absolute atomic E-state index is 14.2. The van der Waals surface area contributed by atoms with E-state index in [9.17, 15) is 14.0 Å². The summed E-state index contributed by atoms with van der Waals surface area (Å²) in [6.45, 7) is 4.76. The van der Waals surface area contributed by atoms with E-state index in [1.54, 1.807) is 18.0 Å². The van der Waals surface area contributed by atoms with Crippen molar-refractivity contribution in [3.8, 4) is 11.3 Å². The molecular formula is C23H24ClFN6O2. The Labute approximate surface area is 195 Å². The number of carbonyl (C=O) groups is 1. The number of allylic oxidation sites excluding steroid dienone is 2. The largest absolute Gasteiger partial charge is 0.389 e.